The molecule has 4 nitrogen and oxygen atoms in total. The first kappa shape index (κ1) is 13.6. The third-order valence-electron chi connectivity index (χ3n) is 4.40. The lowest BCUT2D eigenvalue weighted by Gasteiger charge is -2.31. The summed E-state index contributed by atoms with van der Waals surface area (Å²) >= 11 is 0. The normalized spacial score (nSPS) is 24.9. The van der Waals surface area contributed by atoms with Crippen LogP contribution in [0.25, 0.3) is 11.0 Å². The molecule has 1 aliphatic rings. The number of benzene rings is 1. The summed E-state index contributed by atoms with van der Waals surface area (Å²) in [6.07, 6.45) is 4.08. The highest BCUT2D eigenvalue weighted by Gasteiger charge is 2.25. The first-order valence-electron chi connectivity index (χ1n) is 7.52. The molecule has 0 saturated heterocycles. The van der Waals surface area contributed by atoms with Crippen LogP contribution in [0.3, 0.4) is 0 Å². The summed E-state index contributed by atoms with van der Waals surface area (Å²) in [6, 6.07) is 8.53. The summed E-state index contributed by atoms with van der Waals surface area (Å²) in [5.74, 6) is 1.03. The molecule has 3 rings (SSSR count). The van der Waals surface area contributed by atoms with E-state index in [1.54, 1.807) is 0 Å². The Labute approximate surface area is 119 Å². The number of hydrogen-bond acceptors (Lipinski definition) is 3. The first-order chi connectivity index (χ1) is 9.66. The lowest BCUT2D eigenvalue weighted by atomic mass is 9.92. The van der Waals surface area contributed by atoms with E-state index < -0.39 is 0 Å². The van der Waals surface area contributed by atoms with Crippen LogP contribution < -0.4 is 5.32 Å². The van der Waals surface area contributed by atoms with Gasteiger partial charge in [-0.3, -0.25) is 0 Å². The summed E-state index contributed by atoms with van der Waals surface area (Å²) in [6.45, 7) is 2.13. The summed E-state index contributed by atoms with van der Waals surface area (Å²) in [4.78, 5) is 4.72. The Morgan fingerprint density at radius 3 is 2.80 bits per heavy atom. The molecule has 4 heteroatoms. The van der Waals surface area contributed by atoms with Crippen LogP contribution in [0.4, 0.5) is 0 Å². The summed E-state index contributed by atoms with van der Waals surface area (Å²) in [7, 11) is 2.06. The lowest BCUT2D eigenvalue weighted by molar-refractivity contribution is 0.0852. The Bertz CT molecular complexity index is 592. The van der Waals surface area contributed by atoms with E-state index in [-0.39, 0.29) is 18.2 Å². The van der Waals surface area contributed by atoms with Gasteiger partial charge in [-0.2, -0.15) is 0 Å². The minimum Gasteiger partial charge on any atom is -0.392 e. The van der Waals surface area contributed by atoms with Gasteiger partial charge in [0.1, 0.15) is 5.82 Å². The molecule has 1 aliphatic carbocycles. The molecule has 2 N–H and O–H groups in total. The number of para-hydroxylation sites is 2. The van der Waals surface area contributed by atoms with Gasteiger partial charge in [0.05, 0.1) is 23.2 Å². The number of hydrogen-bond donors (Lipinski definition) is 2. The summed E-state index contributed by atoms with van der Waals surface area (Å²) in [5.41, 5.74) is 2.18. The molecule has 0 amide bonds. The van der Waals surface area contributed by atoms with Crippen molar-refractivity contribution in [2.45, 2.75) is 50.8 Å². The number of fused-ring (bicyclic) bond motifs is 1. The Balaban J connectivity index is 1.81. The number of aliphatic hydroxyl groups excluding tert-OH is 1. The second-order valence-corrected chi connectivity index (χ2v) is 5.86. The predicted octanol–water partition coefficient (Wildman–Crippen LogP) is 2.53. The van der Waals surface area contributed by atoms with Crippen LogP contribution >= 0.6 is 0 Å². The molecular weight excluding hydrogens is 250 g/mol. The first-order valence-corrected chi connectivity index (χ1v) is 7.52. The van der Waals surface area contributed by atoms with Gasteiger partial charge < -0.3 is 15.0 Å². The number of rotatable bonds is 3. The van der Waals surface area contributed by atoms with Gasteiger partial charge in [-0.25, -0.2) is 4.98 Å². The smallest absolute Gasteiger partial charge is 0.126 e. The van der Waals surface area contributed by atoms with Crippen molar-refractivity contribution in [3.8, 4) is 0 Å². The molecule has 1 heterocycles. The molecule has 2 aromatic rings. The monoisotopic (exact) mass is 273 g/mol. The average molecular weight is 273 g/mol. The van der Waals surface area contributed by atoms with E-state index in [4.69, 9.17) is 4.98 Å². The Morgan fingerprint density at radius 1 is 1.30 bits per heavy atom. The molecule has 1 unspecified atom stereocenters. The molecule has 1 aromatic heterocycles. The Morgan fingerprint density at radius 2 is 2.05 bits per heavy atom. The van der Waals surface area contributed by atoms with Crippen LogP contribution in [0.15, 0.2) is 24.3 Å². The van der Waals surface area contributed by atoms with Crippen molar-refractivity contribution in [2.24, 2.45) is 7.05 Å². The fourth-order valence-corrected chi connectivity index (χ4v) is 3.25. The SMILES string of the molecule is CC(N[C@@H]1CCCC[C@H]1O)c1nc2ccccc2n1C. The van der Waals surface area contributed by atoms with Crippen LogP contribution in [0.2, 0.25) is 0 Å². The molecule has 1 saturated carbocycles. The average Bonchev–Trinajstić information content (AvgIpc) is 2.79. The maximum absolute atomic E-state index is 10.1. The van der Waals surface area contributed by atoms with Gasteiger partial charge in [0.2, 0.25) is 0 Å². The number of aliphatic hydroxyl groups is 1. The molecule has 108 valence electrons. The van der Waals surface area contributed by atoms with Crippen molar-refractivity contribution in [1.82, 2.24) is 14.9 Å². The van der Waals surface area contributed by atoms with Crippen LogP contribution in [0.5, 0.6) is 0 Å². The van der Waals surface area contributed by atoms with Crippen LogP contribution in [-0.4, -0.2) is 26.8 Å². The fourth-order valence-electron chi connectivity index (χ4n) is 3.25. The van der Waals surface area contributed by atoms with Gasteiger partial charge in [-0.1, -0.05) is 25.0 Å². The summed E-state index contributed by atoms with van der Waals surface area (Å²) < 4.78 is 2.14. The van der Waals surface area contributed by atoms with Crippen molar-refractivity contribution >= 4 is 11.0 Å². The number of imidazole rings is 1. The van der Waals surface area contributed by atoms with Gasteiger partial charge in [0.15, 0.2) is 0 Å². The maximum atomic E-state index is 10.1. The van der Waals surface area contributed by atoms with Crippen molar-refractivity contribution in [2.75, 3.05) is 0 Å². The molecule has 1 fully saturated rings. The van der Waals surface area contributed by atoms with Gasteiger partial charge >= 0.3 is 0 Å². The zero-order valence-corrected chi connectivity index (χ0v) is 12.2. The van der Waals surface area contributed by atoms with E-state index in [9.17, 15) is 5.11 Å². The van der Waals surface area contributed by atoms with E-state index in [1.165, 1.54) is 6.42 Å². The zero-order chi connectivity index (χ0) is 14.1. The standard InChI is InChI=1S/C16H23N3O/c1-11(17-13-8-4-6-10-15(13)20)16-18-12-7-3-5-9-14(12)19(16)2/h3,5,7,9,11,13,15,17,20H,4,6,8,10H2,1-2H3/t11?,13-,15-/m1/s1. The molecule has 0 bridgehead atoms. The number of nitrogens with zero attached hydrogens (tertiary/aromatic N) is 2. The number of nitrogens with one attached hydrogen (secondary N) is 1. The van der Waals surface area contributed by atoms with Crippen LogP contribution in [-0.2, 0) is 7.05 Å². The second kappa shape index (κ2) is 5.54. The molecule has 20 heavy (non-hydrogen) atoms. The highest BCUT2D eigenvalue weighted by Crippen LogP contribution is 2.23. The largest absolute Gasteiger partial charge is 0.392 e. The van der Waals surface area contributed by atoms with Gasteiger partial charge in [-0.05, 0) is 31.9 Å². The molecule has 3 atom stereocenters. The second-order valence-electron chi connectivity index (χ2n) is 5.86. The number of aromatic nitrogens is 2. The third-order valence-corrected chi connectivity index (χ3v) is 4.40. The minimum atomic E-state index is -0.221. The molecule has 0 radical (unpaired) electrons. The fraction of sp³-hybridized carbons (Fsp3) is 0.562. The Hall–Kier alpha value is -1.39. The quantitative estimate of drug-likeness (QED) is 0.903. The van der Waals surface area contributed by atoms with Gasteiger partial charge in [0, 0.05) is 13.1 Å². The molecule has 0 aliphatic heterocycles. The van der Waals surface area contributed by atoms with Crippen molar-refractivity contribution in [3.05, 3.63) is 30.1 Å². The maximum Gasteiger partial charge on any atom is 0.126 e. The lowest BCUT2D eigenvalue weighted by Crippen LogP contribution is -2.43. The van der Waals surface area contributed by atoms with E-state index in [1.807, 2.05) is 18.2 Å². The molecule has 0 spiro atoms. The number of aryl methyl sites for hydroxylation is 1. The highest BCUT2D eigenvalue weighted by molar-refractivity contribution is 5.75. The van der Waals surface area contributed by atoms with Crippen LogP contribution in [0.1, 0.15) is 44.5 Å². The predicted molar refractivity (Wildman–Crippen MR) is 80.5 cm³/mol. The molecular formula is C16H23N3O. The van der Waals surface area contributed by atoms with E-state index >= 15 is 0 Å². The van der Waals surface area contributed by atoms with Gasteiger partial charge in [0.25, 0.3) is 0 Å². The minimum absolute atomic E-state index is 0.144. The van der Waals surface area contributed by atoms with E-state index in [0.717, 1.165) is 36.1 Å². The van der Waals surface area contributed by atoms with Crippen molar-refractivity contribution < 1.29 is 5.11 Å². The summed E-state index contributed by atoms with van der Waals surface area (Å²) in [5, 5.41) is 13.6. The van der Waals surface area contributed by atoms with Crippen molar-refractivity contribution in [1.29, 1.82) is 0 Å². The zero-order valence-electron chi connectivity index (χ0n) is 12.2. The van der Waals surface area contributed by atoms with Crippen molar-refractivity contribution in [3.63, 3.8) is 0 Å². The van der Waals surface area contributed by atoms with E-state index in [2.05, 4.69) is 29.9 Å². The Kier molecular flexibility index (Phi) is 3.76. The highest BCUT2D eigenvalue weighted by atomic mass is 16.3. The third kappa shape index (κ3) is 2.45. The molecule has 1 aromatic carbocycles. The van der Waals surface area contributed by atoms with Crippen LogP contribution in [0, 0.1) is 0 Å². The topological polar surface area (TPSA) is 50.1 Å². The van der Waals surface area contributed by atoms with E-state index in [0.29, 0.717) is 0 Å². The van der Waals surface area contributed by atoms with Gasteiger partial charge in [-0.15, -0.1) is 0 Å².